The van der Waals surface area contributed by atoms with E-state index in [1.807, 2.05) is 31.2 Å². The van der Waals surface area contributed by atoms with Crippen LogP contribution in [0.2, 0.25) is 0 Å². The third-order valence-corrected chi connectivity index (χ3v) is 5.96. The van der Waals surface area contributed by atoms with Crippen molar-refractivity contribution < 1.29 is 23.9 Å². The molecule has 4 rings (SSSR count). The van der Waals surface area contributed by atoms with Crippen molar-refractivity contribution in [3.63, 3.8) is 0 Å². The summed E-state index contributed by atoms with van der Waals surface area (Å²) >= 11 is 0. The number of carbonyl (C=O) groups excluding carboxylic acids is 3. The van der Waals surface area contributed by atoms with E-state index >= 15 is 0 Å². The van der Waals surface area contributed by atoms with Crippen molar-refractivity contribution in [2.45, 2.75) is 32.3 Å². The Balaban J connectivity index is 1.26. The minimum atomic E-state index is -0.375. The summed E-state index contributed by atoms with van der Waals surface area (Å²) in [7, 11) is 0. The number of nitrogens with zero attached hydrogens (tertiary/aromatic N) is 1. The van der Waals surface area contributed by atoms with Crippen molar-refractivity contribution in [2.75, 3.05) is 36.5 Å². The summed E-state index contributed by atoms with van der Waals surface area (Å²) in [6, 6.07) is 14.5. The Morgan fingerprint density at radius 3 is 2.67 bits per heavy atom. The third kappa shape index (κ3) is 5.90. The van der Waals surface area contributed by atoms with Gasteiger partial charge in [0.25, 0.3) is 5.91 Å². The van der Waals surface area contributed by atoms with Gasteiger partial charge in [-0.3, -0.25) is 14.4 Å². The third-order valence-electron chi connectivity index (χ3n) is 5.96. The summed E-state index contributed by atoms with van der Waals surface area (Å²) in [5.41, 5.74) is 2.43. The molecule has 0 aromatic heterocycles. The Kier molecular flexibility index (Phi) is 7.24. The van der Waals surface area contributed by atoms with E-state index in [0.29, 0.717) is 24.5 Å². The molecule has 0 spiro atoms. The molecule has 2 aliphatic heterocycles. The summed E-state index contributed by atoms with van der Waals surface area (Å²) in [4.78, 5) is 38.7. The molecular formula is C25H29N3O5. The molecule has 8 heteroatoms. The molecule has 0 unspecified atom stereocenters. The highest BCUT2D eigenvalue weighted by Gasteiger charge is 2.35. The maximum Gasteiger partial charge on any atom is 0.262 e. The highest BCUT2D eigenvalue weighted by Crippen LogP contribution is 2.27. The van der Waals surface area contributed by atoms with Gasteiger partial charge < -0.3 is 25.0 Å². The van der Waals surface area contributed by atoms with Crippen LogP contribution in [0, 0.1) is 12.8 Å². The van der Waals surface area contributed by atoms with Crippen molar-refractivity contribution in [3.8, 4) is 5.75 Å². The number of para-hydroxylation sites is 1. The Morgan fingerprint density at radius 2 is 1.94 bits per heavy atom. The predicted octanol–water partition coefficient (Wildman–Crippen LogP) is 2.66. The summed E-state index contributed by atoms with van der Waals surface area (Å²) in [6.07, 6.45) is 2.24. The highest BCUT2D eigenvalue weighted by atomic mass is 16.5. The number of rotatable bonds is 8. The Labute approximate surface area is 193 Å². The second kappa shape index (κ2) is 10.5. The monoisotopic (exact) mass is 451 g/mol. The smallest absolute Gasteiger partial charge is 0.262 e. The van der Waals surface area contributed by atoms with E-state index in [1.54, 1.807) is 29.2 Å². The van der Waals surface area contributed by atoms with Crippen LogP contribution >= 0.6 is 0 Å². The van der Waals surface area contributed by atoms with Crippen molar-refractivity contribution >= 4 is 29.1 Å². The SMILES string of the molecule is Cc1ccccc1NC(=O)COc1ccc(N2C[C@@H](C(=O)NC[C@H]3CCCO3)CC2=O)cc1. The van der Waals surface area contributed by atoms with Gasteiger partial charge in [-0.15, -0.1) is 0 Å². The van der Waals surface area contributed by atoms with Gasteiger partial charge in [0.2, 0.25) is 11.8 Å². The first-order valence-corrected chi connectivity index (χ1v) is 11.3. The Bertz CT molecular complexity index is 1000. The van der Waals surface area contributed by atoms with E-state index in [9.17, 15) is 14.4 Å². The van der Waals surface area contributed by atoms with Crippen LogP contribution in [0.5, 0.6) is 5.75 Å². The summed E-state index contributed by atoms with van der Waals surface area (Å²) in [6.45, 7) is 3.38. The first-order chi connectivity index (χ1) is 16.0. The fourth-order valence-corrected chi connectivity index (χ4v) is 4.07. The minimum Gasteiger partial charge on any atom is -0.484 e. The molecule has 0 aliphatic carbocycles. The summed E-state index contributed by atoms with van der Waals surface area (Å²) < 4.78 is 11.1. The molecule has 2 aromatic rings. The molecule has 2 fully saturated rings. The number of aryl methyl sites for hydroxylation is 1. The average Bonchev–Trinajstić information content (AvgIpc) is 3.48. The fraction of sp³-hybridized carbons (Fsp3) is 0.400. The van der Waals surface area contributed by atoms with Crippen LogP contribution in [0.3, 0.4) is 0 Å². The molecule has 174 valence electrons. The largest absolute Gasteiger partial charge is 0.484 e. The molecule has 2 aromatic carbocycles. The Hall–Kier alpha value is -3.39. The quantitative estimate of drug-likeness (QED) is 0.643. The van der Waals surface area contributed by atoms with Gasteiger partial charge in [-0.1, -0.05) is 18.2 Å². The second-order valence-electron chi connectivity index (χ2n) is 8.43. The second-order valence-corrected chi connectivity index (χ2v) is 8.43. The first kappa shape index (κ1) is 22.8. The highest BCUT2D eigenvalue weighted by molar-refractivity contribution is 6.00. The zero-order valence-electron chi connectivity index (χ0n) is 18.7. The van der Waals surface area contributed by atoms with Gasteiger partial charge >= 0.3 is 0 Å². The van der Waals surface area contributed by atoms with E-state index in [-0.39, 0.29) is 42.8 Å². The van der Waals surface area contributed by atoms with Crippen molar-refractivity contribution in [1.29, 1.82) is 0 Å². The number of nitrogens with one attached hydrogen (secondary N) is 2. The van der Waals surface area contributed by atoms with Crippen LogP contribution in [0.25, 0.3) is 0 Å². The standard InChI is InChI=1S/C25H29N3O5/c1-17-5-2-3-7-22(17)27-23(29)16-33-20-10-8-19(9-11-20)28-15-18(13-24(28)30)25(31)26-14-21-6-4-12-32-21/h2-3,5,7-11,18,21H,4,6,12-16H2,1H3,(H,26,31)(H,27,29)/t18-,21+/m0/s1. The molecule has 33 heavy (non-hydrogen) atoms. The van der Waals surface area contributed by atoms with Crippen LogP contribution in [-0.2, 0) is 19.1 Å². The van der Waals surface area contributed by atoms with Gasteiger partial charge in [0.05, 0.1) is 12.0 Å². The number of anilines is 2. The van der Waals surface area contributed by atoms with Crippen molar-refractivity contribution in [2.24, 2.45) is 5.92 Å². The van der Waals surface area contributed by atoms with Crippen LogP contribution in [-0.4, -0.2) is 50.1 Å². The van der Waals surface area contributed by atoms with Gasteiger partial charge in [0, 0.05) is 37.5 Å². The van der Waals surface area contributed by atoms with E-state index < -0.39 is 0 Å². The lowest BCUT2D eigenvalue weighted by Crippen LogP contribution is -2.37. The van der Waals surface area contributed by atoms with E-state index in [1.165, 1.54) is 0 Å². The van der Waals surface area contributed by atoms with Gasteiger partial charge in [-0.2, -0.15) is 0 Å². The number of carbonyl (C=O) groups is 3. The maximum absolute atomic E-state index is 12.5. The molecule has 0 saturated carbocycles. The number of amides is 3. The Morgan fingerprint density at radius 1 is 1.15 bits per heavy atom. The lowest BCUT2D eigenvalue weighted by Gasteiger charge is -2.18. The van der Waals surface area contributed by atoms with Gasteiger partial charge in [0.1, 0.15) is 5.75 Å². The average molecular weight is 452 g/mol. The molecule has 2 heterocycles. The van der Waals surface area contributed by atoms with Crippen LogP contribution in [0.15, 0.2) is 48.5 Å². The molecule has 2 aliphatic rings. The minimum absolute atomic E-state index is 0.0773. The van der Waals surface area contributed by atoms with E-state index in [4.69, 9.17) is 9.47 Å². The van der Waals surface area contributed by atoms with E-state index in [2.05, 4.69) is 10.6 Å². The molecule has 3 amide bonds. The number of benzene rings is 2. The molecule has 8 nitrogen and oxygen atoms in total. The van der Waals surface area contributed by atoms with Crippen LogP contribution in [0.1, 0.15) is 24.8 Å². The number of hydrogen-bond donors (Lipinski definition) is 2. The molecule has 0 radical (unpaired) electrons. The summed E-state index contributed by atoms with van der Waals surface area (Å²) in [5, 5.41) is 5.74. The summed E-state index contributed by atoms with van der Waals surface area (Å²) in [5.74, 6) is -0.296. The zero-order valence-corrected chi connectivity index (χ0v) is 18.7. The molecule has 2 N–H and O–H groups in total. The maximum atomic E-state index is 12.5. The lowest BCUT2D eigenvalue weighted by atomic mass is 10.1. The molecular weight excluding hydrogens is 422 g/mol. The van der Waals surface area contributed by atoms with Crippen LogP contribution in [0.4, 0.5) is 11.4 Å². The van der Waals surface area contributed by atoms with Crippen molar-refractivity contribution in [1.82, 2.24) is 5.32 Å². The lowest BCUT2D eigenvalue weighted by molar-refractivity contribution is -0.126. The van der Waals surface area contributed by atoms with Gasteiger partial charge in [-0.25, -0.2) is 0 Å². The molecule has 2 atom stereocenters. The van der Waals surface area contributed by atoms with Gasteiger partial charge in [0.15, 0.2) is 6.61 Å². The normalized spacial score (nSPS) is 20.0. The number of hydrogen-bond acceptors (Lipinski definition) is 5. The first-order valence-electron chi connectivity index (χ1n) is 11.3. The zero-order chi connectivity index (χ0) is 23.2. The van der Waals surface area contributed by atoms with Crippen molar-refractivity contribution in [3.05, 3.63) is 54.1 Å². The molecule has 0 bridgehead atoms. The van der Waals surface area contributed by atoms with Crippen LogP contribution < -0.4 is 20.3 Å². The van der Waals surface area contributed by atoms with E-state index in [0.717, 1.165) is 30.7 Å². The van der Waals surface area contributed by atoms with Gasteiger partial charge in [-0.05, 0) is 55.7 Å². The fourth-order valence-electron chi connectivity index (χ4n) is 4.07. The predicted molar refractivity (Wildman–Crippen MR) is 124 cm³/mol. The topological polar surface area (TPSA) is 97.0 Å². The molecule has 2 saturated heterocycles. The number of ether oxygens (including phenoxy) is 2.